The first kappa shape index (κ1) is 20.9. The van der Waals surface area contributed by atoms with Gasteiger partial charge in [-0.15, -0.1) is 0 Å². The van der Waals surface area contributed by atoms with E-state index in [1.54, 1.807) is 36.3 Å². The standard InChI is InChI=1S/C20H24N2O6S/c1-26-15-7-6-14(19(11-15)28-3)13-21-29(24,25)16-8-9-18(27-2)17(12-16)22-10-4-5-20(22)23/h6-9,11-12,21H,4-5,10,13H2,1-3H3. The van der Waals surface area contributed by atoms with Gasteiger partial charge < -0.3 is 19.1 Å². The van der Waals surface area contributed by atoms with E-state index >= 15 is 0 Å². The van der Waals surface area contributed by atoms with E-state index in [1.807, 2.05) is 0 Å². The third-order valence-corrected chi connectivity index (χ3v) is 6.17. The fourth-order valence-corrected chi connectivity index (χ4v) is 4.23. The summed E-state index contributed by atoms with van der Waals surface area (Å²) in [5.74, 6) is 1.54. The van der Waals surface area contributed by atoms with Crippen molar-refractivity contribution < 1.29 is 27.4 Å². The molecule has 29 heavy (non-hydrogen) atoms. The van der Waals surface area contributed by atoms with Crippen LogP contribution in [0.3, 0.4) is 0 Å². The number of rotatable bonds is 8. The van der Waals surface area contributed by atoms with Crippen molar-refractivity contribution in [3.05, 3.63) is 42.0 Å². The minimum atomic E-state index is -3.82. The van der Waals surface area contributed by atoms with Gasteiger partial charge in [0.25, 0.3) is 0 Å². The number of carbonyl (C=O) groups is 1. The molecule has 0 radical (unpaired) electrons. The van der Waals surface area contributed by atoms with Crippen molar-refractivity contribution in [1.29, 1.82) is 0 Å². The fraction of sp³-hybridized carbons (Fsp3) is 0.350. The highest BCUT2D eigenvalue weighted by atomic mass is 32.2. The van der Waals surface area contributed by atoms with Gasteiger partial charge in [-0.1, -0.05) is 6.07 Å². The molecule has 0 atom stereocenters. The van der Waals surface area contributed by atoms with E-state index < -0.39 is 10.0 Å². The third-order valence-electron chi connectivity index (χ3n) is 4.77. The highest BCUT2D eigenvalue weighted by Gasteiger charge is 2.26. The van der Waals surface area contributed by atoms with Crippen molar-refractivity contribution in [2.24, 2.45) is 0 Å². The Balaban J connectivity index is 1.85. The number of hydrogen-bond donors (Lipinski definition) is 1. The van der Waals surface area contributed by atoms with Crippen LogP contribution in [-0.4, -0.2) is 42.2 Å². The highest BCUT2D eigenvalue weighted by Crippen LogP contribution is 2.34. The molecule has 1 aliphatic rings. The number of nitrogens with zero attached hydrogens (tertiary/aromatic N) is 1. The molecule has 9 heteroatoms. The molecule has 1 N–H and O–H groups in total. The van der Waals surface area contributed by atoms with E-state index in [9.17, 15) is 13.2 Å². The summed E-state index contributed by atoms with van der Waals surface area (Å²) in [6.45, 7) is 0.578. The van der Waals surface area contributed by atoms with E-state index in [0.717, 1.165) is 6.42 Å². The average molecular weight is 420 g/mol. The highest BCUT2D eigenvalue weighted by molar-refractivity contribution is 7.89. The van der Waals surface area contributed by atoms with Crippen LogP contribution in [-0.2, 0) is 21.4 Å². The summed E-state index contributed by atoms with van der Waals surface area (Å²) in [4.78, 5) is 13.7. The van der Waals surface area contributed by atoms with Crippen LogP contribution in [0, 0.1) is 0 Å². The van der Waals surface area contributed by atoms with E-state index in [0.29, 0.717) is 41.5 Å². The van der Waals surface area contributed by atoms with Crippen molar-refractivity contribution in [3.8, 4) is 17.2 Å². The number of sulfonamides is 1. The van der Waals surface area contributed by atoms with Crippen LogP contribution in [0.2, 0.25) is 0 Å². The first-order chi connectivity index (χ1) is 13.9. The van der Waals surface area contributed by atoms with Gasteiger partial charge in [-0.25, -0.2) is 13.1 Å². The van der Waals surface area contributed by atoms with Gasteiger partial charge in [-0.2, -0.15) is 0 Å². The van der Waals surface area contributed by atoms with Crippen LogP contribution in [0.5, 0.6) is 17.2 Å². The predicted octanol–water partition coefficient (Wildman–Crippen LogP) is 2.32. The molecule has 8 nitrogen and oxygen atoms in total. The molecule has 1 amide bonds. The molecule has 0 saturated carbocycles. The topological polar surface area (TPSA) is 94.2 Å². The number of methoxy groups -OCH3 is 3. The number of amides is 1. The minimum Gasteiger partial charge on any atom is -0.497 e. The summed E-state index contributed by atoms with van der Waals surface area (Å²) < 4.78 is 44.1. The van der Waals surface area contributed by atoms with Crippen LogP contribution >= 0.6 is 0 Å². The number of benzene rings is 2. The van der Waals surface area contributed by atoms with E-state index in [4.69, 9.17) is 14.2 Å². The predicted molar refractivity (Wildman–Crippen MR) is 108 cm³/mol. The molecule has 1 fully saturated rings. The molecule has 0 aromatic heterocycles. The molecule has 3 rings (SSSR count). The smallest absolute Gasteiger partial charge is 0.240 e. The SMILES string of the molecule is COc1ccc(CNS(=O)(=O)c2ccc(OC)c(N3CCCC3=O)c2)c(OC)c1. The van der Waals surface area contributed by atoms with Gasteiger partial charge in [0.2, 0.25) is 15.9 Å². The monoisotopic (exact) mass is 420 g/mol. The van der Waals surface area contributed by atoms with Crippen molar-refractivity contribution in [1.82, 2.24) is 4.72 Å². The largest absolute Gasteiger partial charge is 0.497 e. The number of ether oxygens (including phenoxy) is 3. The summed E-state index contributed by atoms with van der Waals surface area (Å²) in [5.41, 5.74) is 1.13. The number of anilines is 1. The van der Waals surface area contributed by atoms with E-state index in [1.165, 1.54) is 26.4 Å². The molecule has 0 spiro atoms. The maximum atomic E-state index is 12.9. The molecule has 0 bridgehead atoms. The molecule has 1 aliphatic heterocycles. The molecule has 0 aliphatic carbocycles. The number of carbonyl (C=O) groups excluding carboxylic acids is 1. The van der Waals surface area contributed by atoms with Crippen molar-refractivity contribution in [2.75, 3.05) is 32.8 Å². The normalized spacial score (nSPS) is 14.2. The van der Waals surface area contributed by atoms with Crippen molar-refractivity contribution in [3.63, 3.8) is 0 Å². The quantitative estimate of drug-likeness (QED) is 0.704. The molecule has 156 valence electrons. The lowest BCUT2D eigenvalue weighted by molar-refractivity contribution is -0.117. The zero-order chi connectivity index (χ0) is 21.0. The van der Waals surface area contributed by atoms with Gasteiger partial charge in [-0.3, -0.25) is 4.79 Å². The second-order valence-corrected chi connectivity index (χ2v) is 8.25. The third kappa shape index (κ3) is 4.46. The van der Waals surface area contributed by atoms with Crippen LogP contribution in [0.15, 0.2) is 41.3 Å². The Morgan fingerprint density at radius 3 is 2.38 bits per heavy atom. The Labute approximate surface area is 170 Å². The van der Waals surface area contributed by atoms with Crippen LogP contribution < -0.4 is 23.8 Å². The summed E-state index contributed by atoms with van der Waals surface area (Å²) in [7, 11) is 0.719. The molecule has 1 heterocycles. The molecule has 2 aromatic rings. The Kier molecular flexibility index (Phi) is 6.29. The minimum absolute atomic E-state index is 0.0412. The maximum Gasteiger partial charge on any atom is 0.240 e. The van der Waals surface area contributed by atoms with Crippen LogP contribution in [0.1, 0.15) is 18.4 Å². The molecular formula is C20H24N2O6S. The van der Waals surface area contributed by atoms with Crippen molar-refractivity contribution >= 4 is 21.6 Å². The van der Waals surface area contributed by atoms with Gasteiger partial charge in [0.1, 0.15) is 17.2 Å². The lowest BCUT2D eigenvalue weighted by atomic mass is 10.2. The summed E-state index contributed by atoms with van der Waals surface area (Å²) in [5, 5.41) is 0. The summed E-state index contributed by atoms with van der Waals surface area (Å²) in [6.07, 6.45) is 1.17. The van der Waals surface area contributed by atoms with Crippen LogP contribution in [0.4, 0.5) is 5.69 Å². The van der Waals surface area contributed by atoms with Gasteiger partial charge in [0.15, 0.2) is 0 Å². The number of hydrogen-bond acceptors (Lipinski definition) is 6. The lowest BCUT2D eigenvalue weighted by Gasteiger charge is -2.20. The fourth-order valence-electron chi connectivity index (χ4n) is 3.20. The first-order valence-corrected chi connectivity index (χ1v) is 10.6. The van der Waals surface area contributed by atoms with E-state index in [2.05, 4.69) is 4.72 Å². The van der Waals surface area contributed by atoms with Gasteiger partial charge in [-0.05, 0) is 30.7 Å². The second-order valence-electron chi connectivity index (χ2n) is 6.48. The van der Waals surface area contributed by atoms with Gasteiger partial charge >= 0.3 is 0 Å². The summed E-state index contributed by atoms with van der Waals surface area (Å²) in [6, 6.07) is 9.64. The van der Waals surface area contributed by atoms with Gasteiger partial charge in [0, 0.05) is 31.1 Å². The zero-order valence-electron chi connectivity index (χ0n) is 16.6. The average Bonchev–Trinajstić information content (AvgIpc) is 3.17. The van der Waals surface area contributed by atoms with Crippen molar-refractivity contribution in [2.45, 2.75) is 24.3 Å². The van der Waals surface area contributed by atoms with Crippen LogP contribution in [0.25, 0.3) is 0 Å². The van der Waals surface area contributed by atoms with E-state index in [-0.39, 0.29) is 17.3 Å². The Morgan fingerprint density at radius 2 is 1.76 bits per heavy atom. The molecule has 1 saturated heterocycles. The maximum absolute atomic E-state index is 12.9. The Bertz CT molecular complexity index is 1010. The second kappa shape index (κ2) is 8.71. The number of nitrogens with one attached hydrogen (secondary N) is 1. The molecular weight excluding hydrogens is 396 g/mol. The molecule has 0 unspecified atom stereocenters. The first-order valence-electron chi connectivity index (χ1n) is 9.08. The van der Waals surface area contributed by atoms with Gasteiger partial charge in [0.05, 0.1) is 31.9 Å². The Hall–Kier alpha value is -2.78. The summed E-state index contributed by atoms with van der Waals surface area (Å²) >= 11 is 0. The molecule has 2 aromatic carbocycles. The zero-order valence-corrected chi connectivity index (χ0v) is 17.4. The Morgan fingerprint density at radius 1 is 1.00 bits per heavy atom. The lowest BCUT2D eigenvalue weighted by Crippen LogP contribution is -2.26.